The van der Waals surface area contributed by atoms with Gasteiger partial charge in [-0.1, -0.05) is 29.8 Å². The molecule has 0 fully saturated rings. The summed E-state index contributed by atoms with van der Waals surface area (Å²) < 4.78 is 7.14. The van der Waals surface area contributed by atoms with Crippen LogP contribution in [0.4, 0.5) is 5.82 Å². The second-order valence-corrected chi connectivity index (χ2v) is 12.0. The number of benzene rings is 2. The quantitative estimate of drug-likeness (QED) is 0.225. The highest BCUT2D eigenvalue weighted by Crippen LogP contribution is 2.49. The summed E-state index contributed by atoms with van der Waals surface area (Å²) in [6.07, 6.45) is 3.36. The molecular formula is C31H26ClN5O3S2. The fourth-order valence-corrected chi connectivity index (χ4v) is 7.11. The van der Waals surface area contributed by atoms with Gasteiger partial charge in [0.1, 0.15) is 18.1 Å². The van der Waals surface area contributed by atoms with Gasteiger partial charge in [-0.15, -0.1) is 23.1 Å². The van der Waals surface area contributed by atoms with E-state index in [0.29, 0.717) is 23.1 Å². The Balaban J connectivity index is 1.50. The summed E-state index contributed by atoms with van der Waals surface area (Å²) in [5.41, 5.74) is 4.11. The lowest BCUT2D eigenvalue weighted by Gasteiger charge is -2.23. The number of nitrogens with one attached hydrogen (secondary N) is 1. The molecule has 0 unspecified atom stereocenters. The molecule has 0 aliphatic carbocycles. The Hall–Kier alpha value is -4.12. The van der Waals surface area contributed by atoms with Gasteiger partial charge in [0.2, 0.25) is 11.8 Å². The van der Waals surface area contributed by atoms with Crippen LogP contribution in [0.1, 0.15) is 21.3 Å². The number of ether oxygens (including phenoxy) is 1. The molecule has 4 heterocycles. The number of aromatic nitrogens is 3. The first-order valence-corrected chi connectivity index (χ1v) is 15.5. The van der Waals surface area contributed by atoms with E-state index < -0.39 is 0 Å². The molecule has 0 radical (unpaired) electrons. The Morgan fingerprint density at radius 2 is 1.83 bits per heavy atom. The number of anilines is 1. The third-order valence-electron chi connectivity index (χ3n) is 6.87. The van der Waals surface area contributed by atoms with Crippen LogP contribution in [0, 0.1) is 0 Å². The van der Waals surface area contributed by atoms with E-state index in [-0.39, 0.29) is 29.4 Å². The van der Waals surface area contributed by atoms with Gasteiger partial charge in [0, 0.05) is 40.0 Å². The molecule has 0 spiro atoms. The number of thioether (sulfide) groups is 1. The number of halogens is 1. The highest BCUT2D eigenvalue weighted by Gasteiger charge is 2.38. The lowest BCUT2D eigenvalue weighted by atomic mass is 10.0. The van der Waals surface area contributed by atoms with E-state index in [9.17, 15) is 9.59 Å². The largest absolute Gasteiger partial charge is 0.497 e. The van der Waals surface area contributed by atoms with Crippen LogP contribution in [0.15, 0.2) is 90.6 Å². The second kappa shape index (κ2) is 12.4. The number of fused-ring (bicyclic) bond motifs is 1. The van der Waals surface area contributed by atoms with Crippen LogP contribution in [-0.2, 0) is 16.1 Å². The zero-order valence-electron chi connectivity index (χ0n) is 22.6. The third kappa shape index (κ3) is 5.78. The van der Waals surface area contributed by atoms with Crippen LogP contribution in [-0.4, -0.2) is 46.0 Å². The Morgan fingerprint density at radius 1 is 1.07 bits per heavy atom. The van der Waals surface area contributed by atoms with Gasteiger partial charge in [0.25, 0.3) is 0 Å². The molecule has 2 amide bonds. The van der Waals surface area contributed by atoms with Gasteiger partial charge in [-0.2, -0.15) is 5.10 Å². The van der Waals surface area contributed by atoms with Gasteiger partial charge < -0.3 is 10.1 Å². The van der Waals surface area contributed by atoms with E-state index in [0.717, 1.165) is 32.9 Å². The van der Waals surface area contributed by atoms with Crippen molar-refractivity contribution < 1.29 is 14.3 Å². The lowest BCUT2D eigenvalue weighted by molar-refractivity contribution is -0.123. The van der Waals surface area contributed by atoms with Gasteiger partial charge >= 0.3 is 0 Å². The fraction of sp³-hybridized carbons (Fsp3) is 0.161. The molecule has 212 valence electrons. The number of amides is 2. The summed E-state index contributed by atoms with van der Waals surface area (Å²) in [7, 11) is 1.61. The Kier molecular flexibility index (Phi) is 8.27. The average Bonchev–Trinajstić information content (AvgIpc) is 3.67. The van der Waals surface area contributed by atoms with Crippen LogP contribution >= 0.6 is 34.7 Å². The molecule has 0 bridgehead atoms. The van der Waals surface area contributed by atoms with Crippen molar-refractivity contribution in [1.82, 2.24) is 20.1 Å². The SMILES string of the molecule is COc1ccc(-n2nc(-c3ccc(Cl)cc3)c3c2N(CC(=O)NCc2ccncc2)C(=O)CS[C@H]3c2cccs2)cc1. The fourth-order valence-electron chi connectivity index (χ4n) is 4.81. The highest BCUT2D eigenvalue weighted by molar-refractivity contribution is 8.00. The van der Waals surface area contributed by atoms with Crippen molar-refractivity contribution in [2.45, 2.75) is 11.8 Å². The topological polar surface area (TPSA) is 89.3 Å². The third-order valence-corrected chi connectivity index (χ3v) is 9.44. The zero-order valence-corrected chi connectivity index (χ0v) is 25.0. The number of hydrogen-bond donors (Lipinski definition) is 1. The molecule has 0 saturated carbocycles. The number of rotatable bonds is 8. The maximum absolute atomic E-state index is 13.8. The van der Waals surface area contributed by atoms with Crippen molar-refractivity contribution in [3.05, 3.63) is 112 Å². The van der Waals surface area contributed by atoms with Crippen molar-refractivity contribution in [2.75, 3.05) is 24.3 Å². The first-order valence-electron chi connectivity index (χ1n) is 13.2. The first kappa shape index (κ1) is 28.0. The summed E-state index contributed by atoms with van der Waals surface area (Å²) in [6, 6.07) is 22.8. The Bertz CT molecular complexity index is 1690. The predicted molar refractivity (Wildman–Crippen MR) is 168 cm³/mol. The van der Waals surface area contributed by atoms with Crippen LogP contribution in [0.5, 0.6) is 5.75 Å². The van der Waals surface area contributed by atoms with E-state index in [2.05, 4.69) is 16.4 Å². The summed E-state index contributed by atoms with van der Waals surface area (Å²) >= 11 is 9.41. The minimum Gasteiger partial charge on any atom is -0.497 e. The number of methoxy groups -OCH3 is 1. The minimum atomic E-state index is -0.277. The van der Waals surface area contributed by atoms with Crippen LogP contribution in [0.2, 0.25) is 5.02 Å². The maximum atomic E-state index is 13.8. The molecule has 11 heteroatoms. The van der Waals surface area contributed by atoms with Crippen molar-refractivity contribution in [3.63, 3.8) is 0 Å². The highest BCUT2D eigenvalue weighted by atomic mass is 35.5. The molecule has 1 N–H and O–H groups in total. The predicted octanol–water partition coefficient (Wildman–Crippen LogP) is 6.14. The van der Waals surface area contributed by atoms with E-state index in [4.69, 9.17) is 21.4 Å². The molecule has 2 aromatic carbocycles. The van der Waals surface area contributed by atoms with Crippen LogP contribution in [0.3, 0.4) is 0 Å². The normalized spacial score (nSPS) is 14.8. The van der Waals surface area contributed by atoms with Gasteiger partial charge in [-0.05, 0) is 65.5 Å². The standard InChI is InChI=1S/C31H26ClN5O3S2/c1-40-24-10-8-23(9-11-24)37-31-28(29(35-37)21-4-6-22(32)7-5-21)30(25-3-2-16-41-25)42-19-27(39)36(31)18-26(38)34-17-20-12-14-33-15-13-20/h2-16,30H,17-19H2,1H3,(H,34,38)/t30-/m0/s1. The smallest absolute Gasteiger partial charge is 0.240 e. The molecule has 5 aromatic rings. The molecule has 0 saturated heterocycles. The van der Waals surface area contributed by atoms with E-state index >= 15 is 0 Å². The maximum Gasteiger partial charge on any atom is 0.240 e. The molecule has 1 atom stereocenters. The summed E-state index contributed by atoms with van der Waals surface area (Å²) in [5.74, 6) is 1.03. The number of thiophene rings is 1. The zero-order chi connectivity index (χ0) is 29.1. The van der Waals surface area contributed by atoms with E-state index in [1.54, 1.807) is 52.2 Å². The monoisotopic (exact) mass is 615 g/mol. The van der Waals surface area contributed by atoms with Crippen molar-refractivity contribution in [1.29, 1.82) is 0 Å². The molecule has 3 aromatic heterocycles. The molecule has 1 aliphatic rings. The van der Waals surface area contributed by atoms with Gasteiger partial charge in [-0.25, -0.2) is 4.68 Å². The molecule has 8 nitrogen and oxygen atoms in total. The Morgan fingerprint density at radius 3 is 2.52 bits per heavy atom. The Labute approximate surface area is 256 Å². The number of pyridine rings is 1. The number of nitrogens with zero attached hydrogens (tertiary/aromatic N) is 4. The summed E-state index contributed by atoms with van der Waals surface area (Å²) in [5, 5.41) is 10.5. The summed E-state index contributed by atoms with van der Waals surface area (Å²) in [6.45, 7) is 0.174. The second-order valence-electron chi connectivity index (χ2n) is 9.52. The van der Waals surface area contributed by atoms with E-state index in [1.165, 1.54) is 0 Å². The van der Waals surface area contributed by atoms with E-state index in [1.807, 2.05) is 72.1 Å². The summed E-state index contributed by atoms with van der Waals surface area (Å²) in [4.78, 5) is 33.8. The van der Waals surface area contributed by atoms with Crippen LogP contribution < -0.4 is 15.0 Å². The lowest BCUT2D eigenvalue weighted by Crippen LogP contribution is -2.42. The number of carbonyl (C=O) groups is 2. The molecule has 1 aliphatic heterocycles. The average molecular weight is 616 g/mol. The molecule has 6 rings (SSSR count). The minimum absolute atomic E-state index is 0.156. The van der Waals surface area contributed by atoms with Gasteiger partial charge in [0.05, 0.1) is 29.5 Å². The van der Waals surface area contributed by atoms with Crippen molar-refractivity contribution in [2.24, 2.45) is 0 Å². The van der Waals surface area contributed by atoms with Gasteiger partial charge in [0.15, 0.2) is 0 Å². The van der Waals surface area contributed by atoms with Crippen LogP contribution in [0.25, 0.3) is 16.9 Å². The molecular weight excluding hydrogens is 590 g/mol. The van der Waals surface area contributed by atoms with Crippen molar-refractivity contribution >= 4 is 52.3 Å². The molecule has 42 heavy (non-hydrogen) atoms. The van der Waals surface area contributed by atoms with Gasteiger partial charge in [-0.3, -0.25) is 19.5 Å². The van der Waals surface area contributed by atoms with Crippen molar-refractivity contribution in [3.8, 4) is 22.7 Å². The number of hydrogen-bond acceptors (Lipinski definition) is 7. The first-order chi connectivity index (χ1) is 20.5. The number of carbonyl (C=O) groups excluding carboxylic acids is 2.